The highest BCUT2D eigenvalue weighted by molar-refractivity contribution is 7.09. The van der Waals surface area contributed by atoms with Crippen molar-refractivity contribution in [3.8, 4) is 17.2 Å². The minimum Gasteiger partial charge on any atom is -0.311 e. The van der Waals surface area contributed by atoms with Crippen molar-refractivity contribution in [2.45, 2.75) is 25.4 Å². The highest BCUT2D eigenvalue weighted by Gasteiger charge is 2.36. The molecular weight excluding hydrogens is 366 g/mol. The summed E-state index contributed by atoms with van der Waals surface area (Å²) in [5.41, 5.74) is 4.01. The minimum atomic E-state index is 0.0941. The number of nitriles is 1. The molecule has 4 nitrogen and oxygen atoms in total. The molecule has 2 aliphatic heterocycles. The van der Waals surface area contributed by atoms with Crippen LogP contribution < -0.4 is 5.56 Å². The summed E-state index contributed by atoms with van der Waals surface area (Å²) in [7, 11) is 0. The van der Waals surface area contributed by atoms with Crippen LogP contribution >= 0.6 is 11.3 Å². The molecule has 2 atom stereocenters. The Morgan fingerprint density at radius 1 is 1.11 bits per heavy atom. The van der Waals surface area contributed by atoms with E-state index < -0.39 is 0 Å². The van der Waals surface area contributed by atoms with Crippen LogP contribution in [-0.4, -0.2) is 22.6 Å². The molecule has 2 aliphatic rings. The minimum absolute atomic E-state index is 0.0941. The number of thiophene rings is 1. The van der Waals surface area contributed by atoms with Crippen molar-refractivity contribution in [1.82, 2.24) is 9.47 Å². The van der Waals surface area contributed by atoms with Crippen LogP contribution in [0.3, 0.4) is 0 Å². The van der Waals surface area contributed by atoms with Gasteiger partial charge in [0.15, 0.2) is 0 Å². The monoisotopic (exact) mass is 387 g/mol. The number of benzene rings is 1. The van der Waals surface area contributed by atoms with Crippen molar-refractivity contribution >= 4 is 11.3 Å². The lowest BCUT2D eigenvalue weighted by atomic mass is 9.80. The molecule has 2 bridgehead atoms. The largest absolute Gasteiger partial charge is 0.311 e. The zero-order chi connectivity index (χ0) is 19.1. The van der Waals surface area contributed by atoms with Crippen LogP contribution in [0.2, 0.25) is 0 Å². The van der Waals surface area contributed by atoms with E-state index in [9.17, 15) is 10.1 Å². The van der Waals surface area contributed by atoms with Crippen molar-refractivity contribution in [1.29, 1.82) is 5.26 Å². The van der Waals surface area contributed by atoms with Crippen molar-refractivity contribution < 1.29 is 0 Å². The third-order valence-electron chi connectivity index (χ3n) is 5.93. The van der Waals surface area contributed by atoms with Gasteiger partial charge in [-0.3, -0.25) is 9.69 Å². The van der Waals surface area contributed by atoms with Crippen molar-refractivity contribution in [3.63, 3.8) is 0 Å². The van der Waals surface area contributed by atoms with Crippen LogP contribution in [0.5, 0.6) is 0 Å². The molecule has 0 radical (unpaired) electrons. The normalized spacial score (nSPS) is 21.1. The van der Waals surface area contributed by atoms with E-state index in [1.807, 2.05) is 46.2 Å². The molecule has 1 aromatic carbocycles. The van der Waals surface area contributed by atoms with E-state index >= 15 is 0 Å². The van der Waals surface area contributed by atoms with Gasteiger partial charge in [-0.15, -0.1) is 11.3 Å². The number of hydrogen-bond acceptors (Lipinski definition) is 4. The Kier molecular flexibility index (Phi) is 4.38. The molecule has 0 N–H and O–H groups in total. The molecule has 5 heteroatoms. The average molecular weight is 388 g/mol. The fourth-order valence-electron chi connectivity index (χ4n) is 4.87. The number of nitrogens with zero attached hydrogens (tertiary/aromatic N) is 3. The van der Waals surface area contributed by atoms with Crippen LogP contribution in [0.15, 0.2) is 58.7 Å². The Balaban J connectivity index is 1.55. The lowest BCUT2D eigenvalue weighted by Crippen LogP contribution is -2.46. The molecule has 4 heterocycles. The zero-order valence-electron chi connectivity index (χ0n) is 15.5. The lowest BCUT2D eigenvalue weighted by molar-refractivity contribution is 0.115. The summed E-state index contributed by atoms with van der Waals surface area (Å²) in [4.78, 5) is 16.6. The van der Waals surface area contributed by atoms with Crippen LogP contribution in [0.1, 0.15) is 28.5 Å². The van der Waals surface area contributed by atoms with Gasteiger partial charge < -0.3 is 4.57 Å². The lowest BCUT2D eigenvalue weighted by Gasteiger charge is -2.43. The van der Waals surface area contributed by atoms with Crippen LogP contribution in [0.25, 0.3) is 11.1 Å². The molecule has 28 heavy (non-hydrogen) atoms. The van der Waals surface area contributed by atoms with Gasteiger partial charge in [0, 0.05) is 54.3 Å². The van der Waals surface area contributed by atoms with E-state index in [1.165, 1.54) is 4.88 Å². The zero-order valence-corrected chi connectivity index (χ0v) is 16.4. The molecule has 1 fully saturated rings. The van der Waals surface area contributed by atoms with E-state index in [0.29, 0.717) is 17.4 Å². The van der Waals surface area contributed by atoms with E-state index in [2.05, 4.69) is 28.5 Å². The quantitative estimate of drug-likeness (QED) is 0.681. The maximum atomic E-state index is 12.6. The molecule has 1 saturated heterocycles. The van der Waals surface area contributed by atoms with E-state index in [-0.39, 0.29) is 5.56 Å². The topological polar surface area (TPSA) is 49.0 Å². The predicted octanol–water partition coefficient (Wildman–Crippen LogP) is 4.07. The summed E-state index contributed by atoms with van der Waals surface area (Å²) >= 11 is 1.81. The fraction of sp³-hybridized carbons (Fsp3) is 0.304. The second-order valence-corrected chi connectivity index (χ2v) is 8.88. The smallest absolute Gasteiger partial charge is 0.250 e. The van der Waals surface area contributed by atoms with Gasteiger partial charge in [0.2, 0.25) is 0 Å². The van der Waals surface area contributed by atoms with Gasteiger partial charge in [-0.25, -0.2) is 0 Å². The number of piperidine rings is 1. The molecule has 0 aliphatic carbocycles. The SMILES string of the molecule is N#Cc1cccc(-c2ccc(=O)n3c2[C@@H]2C[C@@H](CN(Cc4cccs4)C2)C3)c1. The molecule has 2 aromatic heterocycles. The molecule has 5 rings (SSSR count). The fourth-order valence-corrected chi connectivity index (χ4v) is 5.61. The summed E-state index contributed by atoms with van der Waals surface area (Å²) in [5, 5.41) is 11.4. The number of likely N-dealkylation sites (tertiary alicyclic amines) is 1. The Morgan fingerprint density at radius 2 is 2.04 bits per heavy atom. The number of aromatic nitrogens is 1. The number of rotatable bonds is 3. The van der Waals surface area contributed by atoms with Gasteiger partial charge in [-0.1, -0.05) is 18.2 Å². The van der Waals surface area contributed by atoms with Gasteiger partial charge in [-0.05, 0) is 47.5 Å². The predicted molar refractivity (Wildman–Crippen MR) is 111 cm³/mol. The van der Waals surface area contributed by atoms with Crippen LogP contribution in [0.4, 0.5) is 0 Å². The van der Waals surface area contributed by atoms with Crippen molar-refractivity contribution in [3.05, 3.63) is 80.4 Å². The van der Waals surface area contributed by atoms with Gasteiger partial charge in [0.1, 0.15) is 0 Å². The maximum absolute atomic E-state index is 12.6. The first kappa shape index (κ1) is 17.4. The van der Waals surface area contributed by atoms with Gasteiger partial charge in [0.05, 0.1) is 11.6 Å². The van der Waals surface area contributed by atoms with Crippen molar-refractivity contribution in [2.75, 3.05) is 13.1 Å². The van der Waals surface area contributed by atoms with Gasteiger partial charge >= 0.3 is 0 Å². The summed E-state index contributed by atoms with van der Waals surface area (Å²) in [6.45, 7) is 3.80. The maximum Gasteiger partial charge on any atom is 0.250 e. The van der Waals surface area contributed by atoms with E-state index in [4.69, 9.17) is 0 Å². The summed E-state index contributed by atoms with van der Waals surface area (Å²) in [6, 6.07) is 17.9. The second kappa shape index (κ2) is 7.05. The first-order chi connectivity index (χ1) is 13.7. The second-order valence-electron chi connectivity index (χ2n) is 7.85. The molecule has 3 aromatic rings. The Morgan fingerprint density at radius 3 is 2.86 bits per heavy atom. The Bertz CT molecular complexity index is 1110. The molecule has 140 valence electrons. The third-order valence-corrected chi connectivity index (χ3v) is 6.79. The molecule has 0 spiro atoms. The third kappa shape index (κ3) is 3.09. The Hall–Kier alpha value is -2.68. The van der Waals surface area contributed by atoms with Gasteiger partial charge in [-0.2, -0.15) is 5.26 Å². The molecule has 0 saturated carbocycles. The van der Waals surface area contributed by atoms with Gasteiger partial charge in [0.25, 0.3) is 5.56 Å². The number of fused-ring (bicyclic) bond motifs is 4. The van der Waals surface area contributed by atoms with E-state index in [1.54, 1.807) is 6.07 Å². The molecule has 0 unspecified atom stereocenters. The summed E-state index contributed by atoms with van der Waals surface area (Å²) in [6.07, 6.45) is 1.13. The Labute approximate surface area is 168 Å². The van der Waals surface area contributed by atoms with Crippen molar-refractivity contribution in [2.24, 2.45) is 5.92 Å². The summed E-state index contributed by atoms with van der Waals surface area (Å²) in [5.74, 6) is 0.867. The highest BCUT2D eigenvalue weighted by Crippen LogP contribution is 2.40. The van der Waals surface area contributed by atoms with Crippen LogP contribution in [0, 0.1) is 17.2 Å². The molecular formula is C23H21N3OS. The molecule has 0 amide bonds. The number of pyridine rings is 1. The van der Waals surface area contributed by atoms with Crippen LogP contribution in [-0.2, 0) is 13.1 Å². The highest BCUT2D eigenvalue weighted by atomic mass is 32.1. The number of hydrogen-bond donors (Lipinski definition) is 0. The first-order valence-corrected chi connectivity index (χ1v) is 10.6. The standard InChI is InChI=1S/C23H21N3OS/c24-11-16-3-1-4-18(9-16)21-6-7-22(27)26-13-17-10-19(23(21)26)14-25(12-17)15-20-5-2-8-28-20/h1-9,17,19H,10,12-15H2/t17-,19+/m0/s1. The summed E-state index contributed by atoms with van der Waals surface area (Å²) < 4.78 is 2.00. The van der Waals surface area contributed by atoms with E-state index in [0.717, 1.165) is 49.4 Å². The first-order valence-electron chi connectivity index (χ1n) is 9.70. The average Bonchev–Trinajstić information content (AvgIpc) is 3.22.